The Labute approximate surface area is 157 Å². The standard InChI is InChI=1S/C20H24BrNO3/c1-14(2)24-13-17-7-5-4-6-16(17)12-22-20(23)15(3)25-19-10-8-18(21)9-11-19/h4-11,14-15H,12-13H2,1-3H3,(H,22,23). The highest BCUT2D eigenvalue weighted by Crippen LogP contribution is 2.17. The van der Waals surface area contributed by atoms with Gasteiger partial charge in [-0.3, -0.25) is 4.79 Å². The van der Waals surface area contributed by atoms with E-state index in [4.69, 9.17) is 9.47 Å². The fraction of sp³-hybridized carbons (Fsp3) is 0.350. The van der Waals surface area contributed by atoms with E-state index in [9.17, 15) is 4.79 Å². The summed E-state index contributed by atoms with van der Waals surface area (Å²) < 4.78 is 12.3. The topological polar surface area (TPSA) is 47.6 Å². The Morgan fingerprint density at radius 3 is 2.32 bits per heavy atom. The molecule has 1 atom stereocenters. The smallest absolute Gasteiger partial charge is 0.261 e. The summed E-state index contributed by atoms with van der Waals surface area (Å²) in [6.07, 6.45) is -0.401. The van der Waals surface area contributed by atoms with Crippen molar-refractivity contribution in [1.82, 2.24) is 5.32 Å². The van der Waals surface area contributed by atoms with Gasteiger partial charge in [0, 0.05) is 11.0 Å². The molecule has 0 saturated heterocycles. The van der Waals surface area contributed by atoms with Crippen molar-refractivity contribution in [3.8, 4) is 5.75 Å². The van der Waals surface area contributed by atoms with Crippen LogP contribution in [0.4, 0.5) is 0 Å². The van der Waals surface area contributed by atoms with Crippen LogP contribution in [0.25, 0.3) is 0 Å². The maximum atomic E-state index is 12.3. The average Bonchev–Trinajstić information content (AvgIpc) is 2.60. The Morgan fingerprint density at radius 2 is 1.68 bits per heavy atom. The van der Waals surface area contributed by atoms with E-state index in [1.54, 1.807) is 6.92 Å². The maximum Gasteiger partial charge on any atom is 0.261 e. The van der Waals surface area contributed by atoms with Crippen LogP contribution in [0, 0.1) is 0 Å². The summed E-state index contributed by atoms with van der Waals surface area (Å²) in [5, 5.41) is 2.93. The number of halogens is 1. The minimum absolute atomic E-state index is 0.150. The highest BCUT2D eigenvalue weighted by atomic mass is 79.9. The van der Waals surface area contributed by atoms with Crippen LogP contribution in [0.3, 0.4) is 0 Å². The highest BCUT2D eigenvalue weighted by molar-refractivity contribution is 9.10. The van der Waals surface area contributed by atoms with Gasteiger partial charge in [0.1, 0.15) is 5.75 Å². The Bertz CT molecular complexity index is 686. The van der Waals surface area contributed by atoms with E-state index in [1.165, 1.54) is 0 Å². The molecule has 0 aromatic heterocycles. The van der Waals surface area contributed by atoms with Crippen LogP contribution >= 0.6 is 15.9 Å². The van der Waals surface area contributed by atoms with Gasteiger partial charge < -0.3 is 14.8 Å². The molecule has 0 heterocycles. The number of hydrogen-bond acceptors (Lipinski definition) is 3. The fourth-order valence-corrected chi connectivity index (χ4v) is 2.49. The lowest BCUT2D eigenvalue weighted by Crippen LogP contribution is -2.36. The van der Waals surface area contributed by atoms with E-state index in [0.717, 1.165) is 15.6 Å². The molecule has 1 amide bonds. The minimum atomic E-state index is -0.569. The number of rotatable bonds is 8. The van der Waals surface area contributed by atoms with Gasteiger partial charge in [0.25, 0.3) is 5.91 Å². The minimum Gasteiger partial charge on any atom is -0.481 e. The molecule has 5 heteroatoms. The molecule has 2 aromatic carbocycles. The third kappa shape index (κ3) is 6.52. The van der Waals surface area contributed by atoms with Gasteiger partial charge in [0.15, 0.2) is 6.10 Å². The molecule has 0 aliphatic heterocycles. The SMILES string of the molecule is CC(C)OCc1ccccc1CNC(=O)C(C)Oc1ccc(Br)cc1. The number of carbonyl (C=O) groups is 1. The van der Waals surface area contributed by atoms with E-state index < -0.39 is 6.10 Å². The van der Waals surface area contributed by atoms with Crippen molar-refractivity contribution in [2.24, 2.45) is 0 Å². The molecule has 2 rings (SSSR count). The summed E-state index contributed by atoms with van der Waals surface area (Å²) in [6.45, 7) is 6.74. The van der Waals surface area contributed by atoms with Crippen LogP contribution < -0.4 is 10.1 Å². The Balaban J connectivity index is 1.89. The monoisotopic (exact) mass is 405 g/mol. The maximum absolute atomic E-state index is 12.3. The number of ether oxygens (including phenoxy) is 2. The second kappa shape index (κ2) is 9.59. The molecule has 0 aliphatic carbocycles. The van der Waals surface area contributed by atoms with E-state index in [2.05, 4.69) is 21.2 Å². The normalized spacial score (nSPS) is 12.0. The molecule has 134 valence electrons. The molecular weight excluding hydrogens is 382 g/mol. The van der Waals surface area contributed by atoms with Gasteiger partial charge in [-0.15, -0.1) is 0 Å². The molecule has 0 bridgehead atoms. The van der Waals surface area contributed by atoms with Crippen molar-refractivity contribution in [2.45, 2.75) is 46.1 Å². The Morgan fingerprint density at radius 1 is 1.04 bits per heavy atom. The van der Waals surface area contributed by atoms with Crippen LogP contribution in [0.5, 0.6) is 5.75 Å². The molecule has 2 aromatic rings. The molecule has 0 radical (unpaired) electrons. The third-order valence-corrected chi connectivity index (χ3v) is 4.17. The van der Waals surface area contributed by atoms with Crippen molar-refractivity contribution >= 4 is 21.8 Å². The molecular formula is C20H24BrNO3. The number of hydrogen-bond donors (Lipinski definition) is 1. The molecule has 4 nitrogen and oxygen atoms in total. The summed E-state index contributed by atoms with van der Waals surface area (Å²) in [5.74, 6) is 0.513. The largest absolute Gasteiger partial charge is 0.481 e. The molecule has 0 fully saturated rings. The van der Waals surface area contributed by atoms with Crippen molar-refractivity contribution in [1.29, 1.82) is 0 Å². The lowest BCUT2D eigenvalue weighted by atomic mass is 10.1. The quantitative estimate of drug-likeness (QED) is 0.704. The lowest BCUT2D eigenvalue weighted by Gasteiger charge is -2.16. The Hall–Kier alpha value is -1.85. The number of amides is 1. The summed E-state index contributed by atoms with van der Waals surface area (Å²) in [7, 11) is 0. The number of nitrogens with one attached hydrogen (secondary N) is 1. The van der Waals surface area contributed by atoms with E-state index in [1.807, 2.05) is 62.4 Å². The van der Waals surface area contributed by atoms with Crippen LogP contribution in [0.15, 0.2) is 53.0 Å². The number of carbonyl (C=O) groups excluding carboxylic acids is 1. The fourth-order valence-electron chi connectivity index (χ4n) is 2.22. The van der Waals surface area contributed by atoms with Gasteiger partial charge in [0.2, 0.25) is 0 Å². The lowest BCUT2D eigenvalue weighted by molar-refractivity contribution is -0.127. The van der Waals surface area contributed by atoms with E-state index in [0.29, 0.717) is 18.9 Å². The second-order valence-corrected chi connectivity index (χ2v) is 6.98. The van der Waals surface area contributed by atoms with E-state index >= 15 is 0 Å². The van der Waals surface area contributed by atoms with Crippen LogP contribution in [0.2, 0.25) is 0 Å². The summed E-state index contributed by atoms with van der Waals surface area (Å²) >= 11 is 3.37. The highest BCUT2D eigenvalue weighted by Gasteiger charge is 2.15. The average molecular weight is 406 g/mol. The first-order chi connectivity index (χ1) is 12.0. The van der Waals surface area contributed by atoms with Crippen molar-refractivity contribution in [3.05, 3.63) is 64.1 Å². The van der Waals surface area contributed by atoms with Crippen molar-refractivity contribution in [3.63, 3.8) is 0 Å². The third-order valence-electron chi connectivity index (χ3n) is 3.64. The first-order valence-corrected chi connectivity index (χ1v) is 9.13. The predicted octanol–water partition coefficient (Wildman–Crippen LogP) is 4.46. The van der Waals surface area contributed by atoms with Gasteiger partial charge >= 0.3 is 0 Å². The van der Waals surface area contributed by atoms with Gasteiger partial charge in [-0.05, 0) is 56.2 Å². The zero-order valence-electron chi connectivity index (χ0n) is 14.8. The van der Waals surface area contributed by atoms with Crippen LogP contribution in [-0.4, -0.2) is 18.1 Å². The molecule has 1 N–H and O–H groups in total. The predicted molar refractivity (Wildman–Crippen MR) is 102 cm³/mol. The second-order valence-electron chi connectivity index (χ2n) is 6.06. The molecule has 25 heavy (non-hydrogen) atoms. The van der Waals surface area contributed by atoms with Crippen molar-refractivity contribution in [2.75, 3.05) is 0 Å². The zero-order valence-corrected chi connectivity index (χ0v) is 16.4. The molecule has 0 saturated carbocycles. The Kier molecular flexibility index (Phi) is 7.47. The van der Waals surface area contributed by atoms with Crippen molar-refractivity contribution < 1.29 is 14.3 Å². The number of benzene rings is 2. The molecule has 0 spiro atoms. The van der Waals surface area contributed by atoms with Crippen LogP contribution in [-0.2, 0) is 22.7 Å². The summed E-state index contributed by atoms with van der Waals surface area (Å²) in [4.78, 5) is 12.3. The molecule has 1 unspecified atom stereocenters. The van der Waals surface area contributed by atoms with Gasteiger partial charge in [0.05, 0.1) is 12.7 Å². The van der Waals surface area contributed by atoms with Crippen LogP contribution in [0.1, 0.15) is 31.9 Å². The first-order valence-electron chi connectivity index (χ1n) is 8.34. The summed E-state index contributed by atoms with van der Waals surface area (Å²) in [5.41, 5.74) is 2.13. The zero-order chi connectivity index (χ0) is 18.2. The molecule has 0 aliphatic rings. The van der Waals surface area contributed by atoms with Gasteiger partial charge in [-0.2, -0.15) is 0 Å². The van der Waals surface area contributed by atoms with Gasteiger partial charge in [-0.1, -0.05) is 40.2 Å². The van der Waals surface area contributed by atoms with Gasteiger partial charge in [-0.25, -0.2) is 0 Å². The first kappa shape index (κ1) is 19.5. The summed E-state index contributed by atoms with van der Waals surface area (Å²) in [6, 6.07) is 15.4. The van der Waals surface area contributed by atoms with E-state index in [-0.39, 0.29) is 12.0 Å².